The molecule has 0 fully saturated rings. The molecule has 2 heteroatoms. The molecule has 1 unspecified atom stereocenters. The Kier molecular flexibility index (Phi) is 3.15. The lowest BCUT2D eigenvalue weighted by Gasteiger charge is -2.11. The van der Waals surface area contributed by atoms with Gasteiger partial charge in [-0.3, -0.25) is 0 Å². The molecule has 1 nitrogen and oxygen atoms in total. The van der Waals surface area contributed by atoms with Crippen molar-refractivity contribution < 1.29 is 5.11 Å². The van der Waals surface area contributed by atoms with Gasteiger partial charge in [0.05, 0.1) is 0 Å². The van der Waals surface area contributed by atoms with E-state index >= 15 is 0 Å². The van der Waals surface area contributed by atoms with Gasteiger partial charge in [-0.05, 0) is 30.5 Å². The van der Waals surface area contributed by atoms with Gasteiger partial charge < -0.3 is 5.11 Å². The van der Waals surface area contributed by atoms with Crippen molar-refractivity contribution >= 4 is 15.9 Å². The van der Waals surface area contributed by atoms with Gasteiger partial charge in [-0.15, -0.1) is 0 Å². The third-order valence-electron chi connectivity index (χ3n) is 2.04. The van der Waals surface area contributed by atoms with Crippen LogP contribution in [0.1, 0.15) is 29.3 Å². The van der Waals surface area contributed by atoms with Gasteiger partial charge in [-0.2, -0.15) is 0 Å². The smallest absolute Gasteiger partial charge is 0.118 e. The summed E-state index contributed by atoms with van der Waals surface area (Å²) < 4.78 is 0. The minimum Gasteiger partial charge on any atom is -0.508 e. The molecule has 0 radical (unpaired) electrons. The predicted octanol–water partition coefficient (Wildman–Crippen LogP) is 3.55. The van der Waals surface area contributed by atoms with Crippen molar-refractivity contribution in [2.75, 3.05) is 0 Å². The minimum absolute atomic E-state index is 0.351. The van der Waals surface area contributed by atoms with Crippen molar-refractivity contribution in [3.63, 3.8) is 0 Å². The van der Waals surface area contributed by atoms with Gasteiger partial charge >= 0.3 is 0 Å². The first-order valence-corrected chi connectivity index (χ1v) is 5.01. The highest BCUT2D eigenvalue weighted by atomic mass is 79.9. The molecule has 1 aromatic rings. The van der Waals surface area contributed by atoms with Crippen LogP contribution in [0.4, 0.5) is 0 Å². The highest BCUT2D eigenvalue weighted by Gasteiger charge is 2.09. The molecular weight excluding hydrogens is 216 g/mol. The zero-order valence-electron chi connectivity index (χ0n) is 7.34. The van der Waals surface area contributed by atoms with Crippen LogP contribution in [0.5, 0.6) is 5.75 Å². The van der Waals surface area contributed by atoms with Crippen molar-refractivity contribution in [1.29, 1.82) is 0 Å². The van der Waals surface area contributed by atoms with Gasteiger partial charge in [-0.1, -0.05) is 35.0 Å². The zero-order chi connectivity index (χ0) is 9.14. The molecule has 1 N–H and O–H groups in total. The molecule has 0 bridgehead atoms. The van der Waals surface area contributed by atoms with Gasteiger partial charge in [0.1, 0.15) is 5.75 Å². The van der Waals surface area contributed by atoms with E-state index in [9.17, 15) is 5.11 Å². The Hall–Kier alpha value is -0.500. The Morgan fingerprint density at radius 2 is 2.17 bits per heavy atom. The molecular formula is C10H13BrO. The summed E-state index contributed by atoms with van der Waals surface area (Å²) >= 11 is 3.56. The molecule has 0 saturated carbocycles. The van der Waals surface area contributed by atoms with Crippen molar-refractivity contribution in [3.05, 3.63) is 29.3 Å². The normalized spacial score (nSPS) is 12.9. The van der Waals surface area contributed by atoms with Crippen LogP contribution in [0.25, 0.3) is 0 Å². The van der Waals surface area contributed by atoms with E-state index in [2.05, 4.69) is 22.9 Å². The van der Waals surface area contributed by atoms with Crippen LogP contribution >= 0.6 is 15.9 Å². The monoisotopic (exact) mass is 228 g/mol. The number of hydrogen-bond acceptors (Lipinski definition) is 1. The van der Waals surface area contributed by atoms with E-state index in [1.54, 1.807) is 6.07 Å². The molecule has 1 aromatic carbocycles. The van der Waals surface area contributed by atoms with Crippen LogP contribution in [0.15, 0.2) is 18.2 Å². The number of hydrogen-bond donors (Lipinski definition) is 1. The third kappa shape index (κ3) is 1.81. The maximum absolute atomic E-state index is 9.42. The average Bonchev–Trinajstić information content (AvgIpc) is 2.08. The molecule has 1 atom stereocenters. The fourth-order valence-corrected chi connectivity index (χ4v) is 1.70. The molecule has 0 saturated heterocycles. The summed E-state index contributed by atoms with van der Waals surface area (Å²) in [6, 6.07) is 5.63. The predicted molar refractivity (Wildman–Crippen MR) is 54.8 cm³/mol. The van der Waals surface area contributed by atoms with Gasteiger partial charge in [0, 0.05) is 4.83 Å². The summed E-state index contributed by atoms with van der Waals surface area (Å²) in [5.41, 5.74) is 2.15. The van der Waals surface area contributed by atoms with E-state index in [0.29, 0.717) is 10.6 Å². The second-order valence-electron chi connectivity index (χ2n) is 2.87. The Morgan fingerprint density at radius 1 is 1.50 bits per heavy atom. The minimum atomic E-state index is 0.351. The summed E-state index contributed by atoms with van der Waals surface area (Å²) in [6.07, 6.45) is 1.03. The molecule has 12 heavy (non-hydrogen) atoms. The van der Waals surface area contributed by atoms with Crippen LogP contribution in [0.3, 0.4) is 0 Å². The molecule has 0 amide bonds. The number of rotatable bonds is 2. The second-order valence-corrected chi connectivity index (χ2v) is 3.97. The lowest BCUT2D eigenvalue weighted by molar-refractivity contribution is 0.470. The SMILES string of the molecule is CCC(Br)c1cccc(O)c1C. The van der Waals surface area contributed by atoms with Gasteiger partial charge in [-0.25, -0.2) is 0 Å². The second kappa shape index (κ2) is 3.94. The summed E-state index contributed by atoms with van der Waals surface area (Å²) in [4.78, 5) is 0.351. The molecule has 0 aliphatic heterocycles. The van der Waals surface area contributed by atoms with E-state index in [4.69, 9.17) is 0 Å². The Morgan fingerprint density at radius 3 is 2.75 bits per heavy atom. The van der Waals surface area contributed by atoms with Crippen LogP contribution in [-0.2, 0) is 0 Å². The van der Waals surface area contributed by atoms with Gasteiger partial charge in [0.15, 0.2) is 0 Å². The topological polar surface area (TPSA) is 20.2 Å². The zero-order valence-corrected chi connectivity index (χ0v) is 8.93. The molecule has 0 aromatic heterocycles. The largest absolute Gasteiger partial charge is 0.508 e. The number of alkyl halides is 1. The van der Waals surface area contributed by atoms with E-state index in [-0.39, 0.29) is 0 Å². The maximum Gasteiger partial charge on any atom is 0.118 e. The number of halogens is 1. The lowest BCUT2D eigenvalue weighted by atomic mass is 10.0. The first-order chi connectivity index (χ1) is 5.66. The Balaban J connectivity index is 3.07. The quantitative estimate of drug-likeness (QED) is 0.769. The number of aromatic hydroxyl groups is 1. The van der Waals surface area contributed by atoms with Crippen LogP contribution in [-0.4, -0.2) is 5.11 Å². The van der Waals surface area contributed by atoms with Crippen LogP contribution < -0.4 is 0 Å². The summed E-state index contributed by atoms with van der Waals surface area (Å²) in [5.74, 6) is 0.380. The van der Waals surface area contributed by atoms with Gasteiger partial charge in [0.25, 0.3) is 0 Å². The summed E-state index contributed by atoms with van der Waals surface area (Å²) in [7, 11) is 0. The first-order valence-electron chi connectivity index (χ1n) is 4.09. The average molecular weight is 229 g/mol. The maximum atomic E-state index is 9.42. The van der Waals surface area contributed by atoms with E-state index in [1.165, 1.54) is 5.56 Å². The van der Waals surface area contributed by atoms with Gasteiger partial charge in [0.2, 0.25) is 0 Å². The molecule has 0 heterocycles. The third-order valence-corrected chi connectivity index (χ3v) is 3.18. The van der Waals surface area contributed by atoms with Crippen molar-refractivity contribution in [3.8, 4) is 5.75 Å². The lowest BCUT2D eigenvalue weighted by Crippen LogP contribution is -1.91. The Bertz CT molecular complexity index is 271. The number of phenols is 1. The fourth-order valence-electron chi connectivity index (χ4n) is 1.20. The van der Waals surface area contributed by atoms with Crippen LogP contribution in [0.2, 0.25) is 0 Å². The summed E-state index contributed by atoms with van der Waals surface area (Å²) in [6.45, 7) is 4.05. The molecule has 0 spiro atoms. The molecule has 0 aliphatic carbocycles. The standard InChI is InChI=1S/C10H13BrO/c1-3-9(11)8-5-4-6-10(12)7(8)2/h4-6,9,12H,3H2,1-2H3. The van der Waals surface area contributed by atoms with Crippen LogP contribution in [0, 0.1) is 6.92 Å². The van der Waals surface area contributed by atoms with E-state index in [0.717, 1.165) is 12.0 Å². The van der Waals surface area contributed by atoms with Crippen molar-refractivity contribution in [2.45, 2.75) is 25.1 Å². The molecule has 66 valence electrons. The van der Waals surface area contributed by atoms with Crippen molar-refractivity contribution in [1.82, 2.24) is 0 Å². The molecule has 1 rings (SSSR count). The number of phenolic OH excluding ortho intramolecular Hbond substituents is 1. The fraction of sp³-hybridized carbons (Fsp3) is 0.400. The Labute approximate surface area is 81.6 Å². The molecule has 0 aliphatic rings. The number of benzene rings is 1. The highest BCUT2D eigenvalue weighted by Crippen LogP contribution is 2.32. The highest BCUT2D eigenvalue weighted by molar-refractivity contribution is 9.09. The first kappa shape index (κ1) is 9.59. The summed E-state index contributed by atoms with van der Waals surface area (Å²) in [5, 5.41) is 9.42. The van der Waals surface area contributed by atoms with E-state index in [1.807, 2.05) is 19.1 Å². The van der Waals surface area contributed by atoms with Crippen molar-refractivity contribution in [2.24, 2.45) is 0 Å². The van der Waals surface area contributed by atoms with E-state index < -0.39 is 0 Å².